The highest BCUT2D eigenvalue weighted by Crippen LogP contribution is 2.32. The Morgan fingerprint density at radius 3 is 1.31 bits per heavy atom. The number of nitrogens with zero attached hydrogens (tertiary/aromatic N) is 7. The van der Waals surface area contributed by atoms with Gasteiger partial charge in [0.2, 0.25) is 0 Å². The van der Waals surface area contributed by atoms with Gasteiger partial charge >= 0.3 is 0 Å². The van der Waals surface area contributed by atoms with Crippen LogP contribution in [0.15, 0.2) is 188 Å². The normalized spacial score (nSPS) is 11.4. The smallest absolute Gasteiger partial charge is 0.182 e. The molecule has 0 aliphatic heterocycles. The highest BCUT2D eigenvalue weighted by atomic mass is 15.0. The third kappa shape index (κ3) is 6.17. The zero-order valence-corrected chi connectivity index (χ0v) is 31.0. The fourth-order valence-corrected chi connectivity index (χ4v) is 7.50. The summed E-state index contributed by atoms with van der Waals surface area (Å²) in [5.41, 5.74) is 12.1. The lowest BCUT2D eigenvalue weighted by Crippen LogP contribution is -2.01. The first-order chi connectivity index (χ1) is 28.7. The molecule has 0 fully saturated rings. The first kappa shape index (κ1) is 33.3. The van der Waals surface area contributed by atoms with Crippen molar-refractivity contribution in [3.63, 3.8) is 0 Å². The molecule has 0 saturated carbocycles. The Kier molecular flexibility index (Phi) is 8.00. The van der Waals surface area contributed by atoms with E-state index < -0.39 is 0 Å². The van der Waals surface area contributed by atoms with Crippen LogP contribution >= 0.6 is 0 Å². The average molecular weight is 742 g/mol. The van der Waals surface area contributed by atoms with Gasteiger partial charge in [0.25, 0.3) is 0 Å². The summed E-state index contributed by atoms with van der Waals surface area (Å²) in [6.07, 6.45) is 1.82. The molecule has 0 amide bonds. The van der Waals surface area contributed by atoms with Crippen molar-refractivity contribution >= 4 is 43.6 Å². The van der Waals surface area contributed by atoms with Gasteiger partial charge in [-0.2, -0.15) is 0 Å². The molecule has 11 rings (SSSR count). The fourth-order valence-electron chi connectivity index (χ4n) is 7.50. The molecule has 5 heterocycles. The van der Waals surface area contributed by atoms with Gasteiger partial charge in [-0.05, 0) is 47.5 Å². The summed E-state index contributed by atoms with van der Waals surface area (Å²) in [6, 6.07) is 61.9. The second-order valence-corrected chi connectivity index (χ2v) is 14.2. The molecule has 7 heteroatoms. The zero-order valence-electron chi connectivity index (χ0n) is 31.0. The molecule has 58 heavy (non-hydrogen) atoms. The quantitative estimate of drug-likeness (QED) is 0.157. The molecule has 0 spiro atoms. The van der Waals surface area contributed by atoms with Gasteiger partial charge in [-0.1, -0.05) is 146 Å². The van der Waals surface area contributed by atoms with E-state index >= 15 is 0 Å². The van der Waals surface area contributed by atoms with Crippen molar-refractivity contribution in [3.05, 3.63) is 188 Å². The third-order valence-electron chi connectivity index (χ3n) is 10.6. The Hall–Kier alpha value is -8.03. The Bertz CT molecular complexity index is 3270. The van der Waals surface area contributed by atoms with Crippen molar-refractivity contribution < 1.29 is 0 Å². The monoisotopic (exact) mass is 741 g/mol. The predicted molar refractivity (Wildman–Crippen MR) is 234 cm³/mol. The minimum absolute atomic E-state index is 0.523. The molecule has 0 unspecified atom stereocenters. The van der Waals surface area contributed by atoms with E-state index in [1.165, 1.54) is 0 Å². The molecule has 0 bridgehead atoms. The van der Waals surface area contributed by atoms with Crippen LogP contribution in [0.1, 0.15) is 0 Å². The van der Waals surface area contributed by atoms with Crippen LogP contribution in [0.25, 0.3) is 112 Å². The summed E-state index contributed by atoms with van der Waals surface area (Å²) in [5, 5.41) is 4.26. The minimum atomic E-state index is 0.523. The molecule has 0 aliphatic carbocycles. The van der Waals surface area contributed by atoms with Crippen molar-refractivity contribution in [2.24, 2.45) is 0 Å². The minimum Gasteiger partial charge on any atom is -0.254 e. The number of fused-ring (bicyclic) bond motifs is 5. The van der Waals surface area contributed by atoms with E-state index in [-0.39, 0.29) is 0 Å². The largest absolute Gasteiger partial charge is 0.254 e. The second kappa shape index (κ2) is 13.9. The number of pyridine rings is 4. The van der Waals surface area contributed by atoms with Crippen LogP contribution in [0.4, 0.5) is 0 Å². The zero-order chi connectivity index (χ0) is 38.4. The van der Waals surface area contributed by atoms with Crippen LogP contribution in [0.3, 0.4) is 0 Å². The second-order valence-electron chi connectivity index (χ2n) is 14.2. The highest BCUT2D eigenvalue weighted by molar-refractivity contribution is 6.03. The van der Waals surface area contributed by atoms with Crippen LogP contribution in [-0.4, -0.2) is 34.9 Å². The maximum Gasteiger partial charge on any atom is 0.182 e. The standard InChI is InChI=1S/C51H31N7/c1-3-8-38(9-4-1)49-56-50(39-10-5-2-6-11-39)58-51(57-49)44-28-24-35-18-22-41(31-46(35)54-44)40-21-17-34-23-26-42(53-45(34)30-40)32-13-15-33(16-14-32)43-27-25-37-20-19-36-12-7-29-52-47(36)48(37)55-43/h1-31H. The predicted octanol–water partition coefficient (Wildman–Crippen LogP) is 12.1. The average Bonchev–Trinajstić information content (AvgIpc) is 3.31. The van der Waals surface area contributed by atoms with Crippen LogP contribution in [0.2, 0.25) is 0 Å². The molecule has 0 aliphatic rings. The molecule has 5 aromatic heterocycles. The highest BCUT2D eigenvalue weighted by Gasteiger charge is 2.14. The molecule has 7 nitrogen and oxygen atoms in total. The molecule has 0 saturated heterocycles. The van der Waals surface area contributed by atoms with E-state index in [1.807, 2.05) is 79.0 Å². The van der Waals surface area contributed by atoms with Gasteiger partial charge in [-0.15, -0.1) is 0 Å². The summed E-state index contributed by atoms with van der Waals surface area (Å²) >= 11 is 0. The number of benzene rings is 6. The summed E-state index contributed by atoms with van der Waals surface area (Å²) in [4.78, 5) is 34.5. The molecule has 0 N–H and O–H groups in total. The van der Waals surface area contributed by atoms with Crippen LogP contribution in [-0.2, 0) is 0 Å². The van der Waals surface area contributed by atoms with E-state index in [4.69, 9.17) is 29.9 Å². The van der Waals surface area contributed by atoms with Gasteiger partial charge in [0.1, 0.15) is 5.69 Å². The molecule has 11 aromatic rings. The summed E-state index contributed by atoms with van der Waals surface area (Å²) < 4.78 is 0. The first-order valence-electron chi connectivity index (χ1n) is 19.1. The van der Waals surface area contributed by atoms with Crippen LogP contribution in [0, 0.1) is 0 Å². The van der Waals surface area contributed by atoms with E-state index in [0.29, 0.717) is 23.2 Å². The lowest BCUT2D eigenvalue weighted by molar-refractivity contribution is 1.06. The fraction of sp³-hybridized carbons (Fsp3) is 0. The lowest BCUT2D eigenvalue weighted by Gasteiger charge is -2.10. The topological polar surface area (TPSA) is 90.2 Å². The SMILES string of the molecule is c1ccc(-c2nc(-c3ccccc3)nc(-c3ccc4ccc(-c5ccc6ccc(-c7ccc(-c8ccc9ccc%10cccnc%10c9n8)cc7)nc6c5)cc4n3)n2)cc1. The molecule has 6 aromatic carbocycles. The van der Waals surface area contributed by atoms with E-state index in [0.717, 1.165) is 88.4 Å². The lowest BCUT2D eigenvalue weighted by atomic mass is 10.0. The van der Waals surface area contributed by atoms with Crippen molar-refractivity contribution in [1.29, 1.82) is 0 Å². The third-order valence-corrected chi connectivity index (χ3v) is 10.6. The molecular weight excluding hydrogens is 711 g/mol. The van der Waals surface area contributed by atoms with Crippen molar-refractivity contribution in [2.45, 2.75) is 0 Å². The molecule has 270 valence electrons. The van der Waals surface area contributed by atoms with E-state index in [2.05, 4.69) is 114 Å². The molecular formula is C51H31N7. The number of aromatic nitrogens is 7. The number of rotatable bonds is 6. The van der Waals surface area contributed by atoms with Crippen molar-refractivity contribution in [1.82, 2.24) is 34.9 Å². The Labute approximate surface area is 333 Å². The van der Waals surface area contributed by atoms with Crippen molar-refractivity contribution in [3.8, 4) is 67.9 Å². The maximum absolute atomic E-state index is 5.13. The van der Waals surface area contributed by atoms with Crippen molar-refractivity contribution in [2.75, 3.05) is 0 Å². The summed E-state index contributed by atoms with van der Waals surface area (Å²) in [6.45, 7) is 0. The van der Waals surface area contributed by atoms with Gasteiger partial charge in [0, 0.05) is 50.0 Å². The van der Waals surface area contributed by atoms with Gasteiger partial charge in [0.05, 0.1) is 33.5 Å². The maximum atomic E-state index is 5.13. The Morgan fingerprint density at radius 1 is 0.259 bits per heavy atom. The molecule has 0 radical (unpaired) electrons. The van der Waals surface area contributed by atoms with Gasteiger partial charge in [0.15, 0.2) is 17.5 Å². The Balaban J connectivity index is 0.914. The summed E-state index contributed by atoms with van der Waals surface area (Å²) in [7, 11) is 0. The number of hydrogen-bond donors (Lipinski definition) is 0. The molecule has 0 atom stereocenters. The van der Waals surface area contributed by atoms with Gasteiger partial charge < -0.3 is 0 Å². The van der Waals surface area contributed by atoms with Crippen LogP contribution < -0.4 is 0 Å². The Morgan fingerprint density at radius 2 is 0.707 bits per heavy atom. The van der Waals surface area contributed by atoms with E-state index in [1.54, 1.807) is 0 Å². The van der Waals surface area contributed by atoms with E-state index in [9.17, 15) is 0 Å². The van der Waals surface area contributed by atoms with Gasteiger partial charge in [-0.3, -0.25) is 4.98 Å². The number of hydrogen-bond acceptors (Lipinski definition) is 7. The first-order valence-corrected chi connectivity index (χ1v) is 19.1. The van der Waals surface area contributed by atoms with Gasteiger partial charge in [-0.25, -0.2) is 29.9 Å². The van der Waals surface area contributed by atoms with Crippen LogP contribution in [0.5, 0.6) is 0 Å². The summed E-state index contributed by atoms with van der Waals surface area (Å²) in [5.74, 6) is 1.73.